The van der Waals surface area contributed by atoms with Crippen molar-refractivity contribution in [3.05, 3.63) is 78.6 Å². The summed E-state index contributed by atoms with van der Waals surface area (Å²) in [7, 11) is -3.41. The minimum absolute atomic E-state index is 0.340. The molecular weight excluding hydrogens is 452 g/mol. The smallest absolute Gasteiger partial charge is 0.229 e. The van der Waals surface area contributed by atoms with Crippen LogP contribution in [0.4, 0.5) is 11.4 Å². The van der Waals surface area contributed by atoms with Gasteiger partial charge in [-0.15, -0.1) is 0 Å². The van der Waals surface area contributed by atoms with Crippen LogP contribution in [0.5, 0.6) is 0 Å². The Kier molecular flexibility index (Phi) is 5.46. The van der Waals surface area contributed by atoms with Crippen molar-refractivity contribution in [1.29, 1.82) is 0 Å². The molecule has 1 aromatic carbocycles. The fraction of sp³-hybridized carbons (Fsp3) is 0.130. The van der Waals surface area contributed by atoms with E-state index in [-0.39, 0.29) is 0 Å². The summed E-state index contributed by atoms with van der Waals surface area (Å²) in [5, 5.41) is 7.49. The van der Waals surface area contributed by atoms with Crippen LogP contribution in [0, 0.1) is 6.92 Å². The van der Waals surface area contributed by atoms with Gasteiger partial charge in [-0.05, 0) is 43.3 Å². The fourth-order valence-electron chi connectivity index (χ4n) is 3.64. The van der Waals surface area contributed by atoms with Crippen LogP contribution in [0.25, 0.3) is 28.3 Å². The number of fused-ring (bicyclic) bond motifs is 1. The normalized spacial score (nSPS) is 11.6. The number of H-pyrrole nitrogens is 1. The second kappa shape index (κ2) is 8.60. The van der Waals surface area contributed by atoms with E-state index in [0.717, 1.165) is 40.2 Å². The number of aryl methyl sites for hydroxylation is 1. The molecule has 4 aromatic heterocycles. The van der Waals surface area contributed by atoms with Gasteiger partial charge in [0.05, 0.1) is 41.3 Å². The molecular formula is C23H22N8O2S. The van der Waals surface area contributed by atoms with Gasteiger partial charge in [-0.25, -0.2) is 22.9 Å². The predicted molar refractivity (Wildman–Crippen MR) is 131 cm³/mol. The molecule has 0 radical (unpaired) electrons. The van der Waals surface area contributed by atoms with E-state index < -0.39 is 10.0 Å². The highest BCUT2D eigenvalue weighted by Crippen LogP contribution is 2.30. The molecule has 0 amide bonds. The van der Waals surface area contributed by atoms with Crippen LogP contribution in [-0.2, 0) is 16.6 Å². The summed E-state index contributed by atoms with van der Waals surface area (Å²) in [5.41, 5.74) is 5.89. The van der Waals surface area contributed by atoms with Crippen LogP contribution >= 0.6 is 0 Å². The van der Waals surface area contributed by atoms with Crippen LogP contribution in [0.1, 0.15) is 11.5 Å². The zero-order valence-corrected chi connectivity index (χ0v) is 19.3. The van der Waals surface area contributed by atoms with E-state index in [2.05, 4.69) is 30.1 Å². The summed E-state index contributed by atoms with van der Waals surface area (Å²) in [6.07, 6.45) is 4.50. The molecule has 0 aliphatic heterocycles. The number of rotatable bonds is 7. The van der Waals surface area contributed by atoms with Crippen LogP contribution in [-0.4, -0.2) is 44.2 Å². The molecule has 34 heavy (non-hydrogen) atoms. The van der Waals surface area contributed by atoms with Crippen molar-refractivity contribution in [1.82, 2.24) is 29.5 Å². The Morgan fingerprint density at radius 2 is 1.82 bits per heavy atom. The maximum Gasteiger partial charge on any atom is 0.229 e. The average molecular weight is 475 g/mol. The van der Waals surface area contributed by atoms with E-state index in [1.807, 2.05) is 49.5 Å². The summed E-state index contributed by atoms with van der Waals surface area (Å²) in [6.45, 7) is 2.28. The lowest BCUT2D eigenvalue weighted by molar-refractivity contribution is 0.607. The maximum absolute atomic E-state index is 11.7. The van der Waals surface area contributed by atoms with Crippen molar-refractivity contribution in [3.63, 3.8) is 0 Å². The zero-order valence-electron chi connectivity index (χ0n) is 18.5. The van der Waals surface area contributed by atoms with Gasteiger partial charge in [-0.3, -0.25) is 9.71 Å². The lowest BCUT2D eigenvalue weighted by atomic mass is 10.1. The van der Waals surface area contributed by atoms with Gasteiger partial charge in [0, 0.05) is 17.5 Å². The molecule has 0 aliphatic rings. The molecule has 0 fully saturated rings. The molecule has 0 aliphatic carbocycles. The Hall–Kier alpha value is -4.25. The number of pyridine rings is 2. The number of hydrogen-bond acceptors (Lipinski definition) is 7. The molecule has 10 nitrogen and oxygen atoms in total. The highest BCUT2D eigenvalue weighted by molar-refractivity contribution is 7.92. The van der Waals surface area contributed by atoms with E-state index in [4.69, 9.17) is 4.98 Å². The van der Waals surface area contributed by atoms with Gasteiger partial charge in [0.25, 0.3) is 0 Å². The molecule has 5 aromatic rings. The summed E-state index contributed by atoms with van der Waals surface area (Å²) in [4.78, 5) is 17.1. The van der Waals surface area contributed by atoms with Gasteiger partial charge in [0.1, 0.15) is 12.2 Å². The lowest BCUT2D eigenvalue weighted by Crippen LogP contribution is -2.12. The van der Waals surface area contributed by atoms with Crippen LogP contribution < -0.4 is 10.0 Å². The molecule has 11 heteroatoms. The third-order valence-corrected chi connectivity index (χ3v) is 5.70. The highest BCUT2D eigenvalue weighted by Gasteiger charge is 2.17. The number of nitrogens with one attached hydrogen (secondary N) is 3. The largest absolute Gasteiger partial charge is 0.376 e. The third-order valence-electron chi connectivity index (χ3n) is 5.11. The first kappa shape index (κ1) is 21.6. The van der Waals surface area contributed by atoms with E-state index in [9.17, 15) is 8.42 Å². The first-order valence-electron chi connectivity index (χ1n) is 10.5. The summed E-state index contributed by atoms with van der Waals surface area (Å²) in [5.74, 6) is 0.668. The monoisotopic (exact) mass is 474 g/mol. The van der Waals surface area contributed by atoms with Crippen molar-refractivity contribution in [2.45, 2.75) is 13.5 Å². The fourth-order valence-corrected chi connectivity index (χ4v) is 4.22. The van der Waals surface area contributed by atoms with Crippen LogP contribution in [0.3, 0.4) is 0 Å². The Balaban J connectivity index is 1.51. The number of para-hydroxylation sites is 2. The van der Waals surface area contributed by atoms with Crippen molar-refractivity contribution < 1.29 is 8.42 Å². The standard InChI is InChI=1S/C23H22N8O2S/c1-15-6-5-9-19(27-15)23-22(16-10-11-21-25-14-26-31(21)13-16)28-20(29-23)12-24-17-7-3-4-8-18(17)30-34(2,32)33/h3-11,13-14,24,30H,12H2,1-2H3,(H,28,29). The second-order valence-electron chi connectivity index (χ2n) is 7.83. The van der Waals surface area contributed by atoms with Crippen molar-refractivity contribution in [2.75, 3.05) is 16.3 Å². The molecule has 172 valence electrons. The number of nitrogens with zero attached hydrogens (tertiary/aromatic N) is 5. The van der Waals surface area contributed by atoms with Gasteiger partial charge in [0.2, 0.25) is 10.0 Å². The quantitative estimate of drug-likeness (QED) is 0.329. The predicted octanol–water partition coefficient (Wildman–Crippen LogP) is 3.47. The van der Waals surface area contributed by atoms with Gasteiger partial charge >= 0.3 is 0 Å². The summed E-state index contributed by atoms with van der Waals surface area (Å²) in [6, 6.07) is 16.8. The second-order valence-corrected chi connectivity index (χ2v) is 9.57. The number of aromatic amines is 1. The van der Waals surface area contributed by atoms with Gasteiger partial charge in [-0.1, -0.05) is 18.2 Å². The van der Waals surface area contributed by atoms with Crippen molar-refractivity contribution in [3.8, 4) is 22.6 Å². The number of benzene rings is 1. The molecule has 3 N–H and O–H groups in total. The highest BCUT2D eigenvalue weighted by atomic mass is 32.2. The third kappa shape index (κ3) is 4.59. The average Bonchev–Trinajstić information content (AvgIpc) is 3.44. The molecule has 0 unspecified atom stereocenters. The Morgan fingerprint density at radius 3 is 2.62 bits per heavy atom. The maximum atomic E-state index is 11.7. The van der Waals surface area contributed by atoms with Gasteiger partial charge < -0.3 is 10.3 Å². The topological polar surface area (TPSA) is 130 Å². The summed E-state index contributed by atoms with van der Waals surface area (Å²) >= 11 is 0. The van der Waals surface area contributed by atoms with E-state index in [1.165, 1.54) is 6.33 Å². The van der Waals surface area contributed by atoms with E-state index >= 15 is 0 Å². The molecule has 0 bridgehead atoms. The molecule has 0 spiro atoms. The molecule has 4 heterocycles. The molecule has 0 saturated heterocycles. The SMILES string of the molecule is Cc1cccc(-c2[nH]c(CNc3ccccc3NS(C)(=O)=O)nc2-c2ccc3ncnn3c2)n1. The zero-order chi connectivity index (χ0) is 23.7. The number of aromatic nitrogens is 6. The van der Waals surface area contributed by atoms with Crippen LogP contribution in [0.2, 0.25) is 0 Å². The van der Waals surface area contributed by atoms with Gasteiger partial charge in [0.15, 0.2) is 5.65 Å². The summed E-state index contributed by atoms with van der Waals surface area (Å²) < 4.78 is 27.7. The minimum atomic E-state index is -3.41. The number of imidazole rings is 1. The van der Waals surface area contributed by atoms with Crippen molar-refractivity contribution in [2.24, 2.45) is 0 Å². The lowest BCUT2D eigenvalue weighted by Gasteiger charge is -2.11. The van der Waals surface area contributed by atoms with E-state index in [0.29, 0.717) is 23.7 Å². The number of anilines is 2. The Bertz CT molecular complexity index is 1590. The van der Waals surface area contributed by atoms with Crippen molar-refractivity contribution >= 4 is 27.0 Å². The Morgan fingerprint density at radius 1 is 1.00 bits per heavy atom. The van der Waals surface area contributed by atoms with Gasteiger partial charge in [-0.2, -0.15) is 5.10 Å². The van der Waals surface area contributed by atoms with E-state index in [1.54, 1.807) is 22.7 Å². The Labute approximate surface area is 196 Å². The first-order chi connectivity index (χ1) is 16.4. The molecule has 5 rings (SSSR count). The first-order valence-corrected chi connectivity index (χ1v) is 12.4. The molecule has 0 atom stereocenters. The number of hydrogen-bond donors (Lipinski definition) is 3. The number of sulfonamides is 1. The van der Waals surface area contributed by atoms with Crippen LogP contribution in [0.15, 0.2) is 67.1 Å². The minimum Gasteiger partial charge on any atom is -0.376 e. The molecule has 0 saturated carbocycles.